The van der Waals surface area contributed by atoms with Gasteiger partial charge in [-0.15, -0.1) is 0 Å². The van der Waals surface area contributed by atoms with Gasteiger partial charge in [-0.3, -0.25) is 9.69 Å². The zero-order valence-electron chi connectivity index (χ0n) is 16.1. The number of rotatable bonds is 6. The molecule has 0 bridgehead atoms. The minimum Gasteiger partial charge on any atom is -0.508 e. The lowest BCUT2D eigenvalue weighted by Crippen LogP contribution is -2.35. The van der Waals surface area contributed by atoms with Gasteiger partial charge in [0.1, 0.15) is 5.75 Å². The highest BCUT2D eigenvalue weighted by Crippen LogP contribution is 2.30. The Kier molecular flexibility index (Phi) is 6.79. The highest BCUT2D eigenvalue weighted by atomic mass is 19.4. The van der Waals surface area contributed by atoms with Crippen molar-refractivity contribution < 1.29 is 23.1 Å². The zero-order chi connectivity index (χ0) is 20.9. The minimum absolute atomic E-state index is 0.192. The van der Waals surface area contributed by atoms with E-state index in [4.69, 9.17) is 0 Å². The largest absolute Gasteiger partial charge is 0.508 e. The van der Waals surface area contributed by atoms with Crippen LogP contribution in [0.25, 0.3) is 0 Å². The fraction of sp³-hybridized carbons (Fsp3) is 0.409. The predicted molar refractivity (Wildman–Crippen MR) is 105 cm³/mol. The number of para-hydroxylation sites is 1. The minimum atomic E-state index is -4.38. The summed E-state index contributed by atoms with van der Waals surface area (Å²) in [6, 6.07) is 11.8. The van der Waals surface area contributed by atoms with Gasteiger partial charge < -0.3 is 10.4 Å². The number of piperidine rings is 1. The lowest BCUT2D eigenvalue weighted by Gasteiger charge is -2.32. The summed E-state index contributed by atoms with van der Waals surface area (Å²) in [4.78, 5) is 14.5. The van der Waals surface area contributed by atoms with E-state index in [0.29, 0.717) is 30.3 Å². The molecule has 0 aromatic heterocycles. The fourth-order valence-electron chi connectivity index (χ4n) is 3.72. The molecule has 0 spiro atoms. The average Bonchev–Trinajstić information content (AvgIpc) is 2.68. The summed E-state index contributed by atoms with van der Waals surface area (Å²) in [7, 11) is 0. The van der Waals surface area contributed by atoms with Crippen molar-refractivity contribution in [3.63, 3.8) is 0 Å². The van der Waals surface area contributed by atoms with Crippen molar-refractivity contribution in [1.29, 1.82) is 0 Å². The average molecular weight is 406 g/mol. The molecule has 2 aromatic rings. The van der Waals surface area contributed by atoms with Crippen LogP contribution in [-0.4, -0.2) is 29.0 Å². The van der Waals surface area contributed by atoms with E-state index in [1.165, 1.54) is 12.1 Å². The van der Waals surface area contributed by atoms with Crippen molar-refractivity contribution in [2.45, 2.75) is 38.4 Å². The first-order chi connectivity index (χ1) is 13.8. The first kappa shape index (κ1) is 21.2. The number of halogens is 3. The molecule has 0 radical (unpaired) electrons. The van der Waals surface area contributed by atoms with E-state index in [2.05, 4.69) is 10.2 Å². The van der Waals surface area contributed by atoms with Crippen LogP contribution in [-0.2, 0) is 17.5 Å². The Hall–Kier alpha value is -2.54. The Morgan fingerprint density at radius 3 is 2.55 bits per heavy atom. The lowest BCUT2D eigenvalue weighted by atomic mass is 9.93. The maximum atomic E-state index is 12.6. The smallest absolute Gasteiger partial charge is 0.416 e. The van der Waals surface area contributed by atoms with Crippen LogP contribution in [0, 0.1) is 5.92 Å². The Balaban J connectivity index is 1.45. The number of hydrogen-bond acceptors (Lipinski definition) is 3. The molecule has 0 aliphatic carbocycles. The van der Waals surface area contributed by atoms with Gasteiger partial charge in [-0.2, -0.15) is 13.2 Å². The van der Waals surface area contributed by atoms with E-state index >= 15 is 0 Å². The summed E-state index contributed by atoms with van der Waals surface area (Å²) < 4.78 is 37.8. The number of phenolic OH excluding ortho intramolecular Hbond substituents is 1. The van der Waals surface area contributed by atoms with E-state index < -0.39 is 11.7 Å². The van der Waals surface area contributed by atoms with Crippen LogP contribution in [0.15, 0.2) is 48.5 Å². The van der Waals surface area contributed by atoms with Crippen LogP contribution in [0.2, 0.25) is 0 Å². The van der Waals surface area contributed by atoms with Gasteiger partial charge in [0.2, 0.25) is 5.91 Å². The van der Waals surface area contributed by atoms with Crippen molar-refractivity contribution in [3.05, 3.63) is 59.7 Å². The van der Waals surface area contributed by atoms with Crippen LogP contribution in [0.3, 0.4) is 0 Å². The van der Waals surface area contributed by atoms with Gasteiger partial charge in [-0.05, 0) is 62.1 Å². The number of alkyl halides is 3. The molecule has 7 heteroatoms. The molecule has 29 heavy (non-hydrogen) atoms. The molecule has 1 atom stereocenters. The highest BCUT2D eigenvalue weighted by Gasteiger charge is 2.30. The summed E-state index contributed by atoms with van der Waals surface area (Å²) in [6.45, 7) is 2.51. The topological polar surface area (TPSA) is 52.6 Å². The van der Waals surface area contributed by atoms with Crippen LogP contribution < -0.4 is 5.32 Å². The van der Waals surface area contributed by atoms with Gasteiger partial charge in [0.25, 0.3) is 0 Å². The third kappa shape index (κ3) is 6.22. The fourth-order valence-corrected chi connectivity index (χ4v) is 3.72. The maximum Gasteiger partial charge on any atom is 0.416 e. The van der Waals surface area contributed by atoms with Crippen LogP contribution >= 0.6 is 0 Å². The molecule has 0 saturated carbocycles. The number of hydrogen-bond donors (Lipinski definition) is 2. The van der Waals surface area contributed by atoms with E-state index in [1.807, 2.05) is 12.1 Å². The molecule has 3 rings (SSSR count). The Bertz CT molecular complexity index is 822. The normalized spacial score (nSPS) is 17.8. The van der Waals surface area contributed by atoms with E-state index in [-0.39, 0.29) is 5.91 Å². The van der Waals surface area contributed by atoms with E-state index in [9.17, 15) is 23.1 Å². The third-order valence-corrected chi connectivity index (χ3v) is 5.26. The molecule has 1 saturated heterocycles. The Labute approximate surface area is 168 Å². The number of anilines is 1. The van der Waals surface area contributed by atoms with Crippen molar-refractivity contribution >= 4 is 11.6 Å². The summed E-state index contributed by atoms with van der Waals surface area (Å²) in [6.07, 6.45) is -1.24. The van der Waals surface area contributed by atoms with Gasteiger partial charge in [0, 0.05) is 30.8 Å². The standard InChI is InChI=1S/C22H25F3N2O2/c23-22(24,25)18-8-10-19(11-9-18)26-21(29)12-7-16-4-3-13-27(14-16)15-17-5-1-2-6-20(17)28/h1-2,5-6,8-11,16,28H,3-4,7,12-15H2,(H,26,29). The molecule has 156 valence electrons. The van der Waals surface area contributed by atoms with E-state index in [1.54, 1.807) is 12.1 Å². The molecule has 2 aromatic carbocycles. The quantitative estimate of drug-likeness (QED) is 0.707. The second kappa shape index (κ2) is 9.31. The second-order valence-electron chi connectivity index (χ2n) is 7.53. The molecule has 1 unspecified atom stereocenters. The van der Waals surface area contributed by atoms with Crippen LogP contribution in [0.1, 0.15) is 36.8 Å². The summed E-state index contributed by atoms with van der Waals surface area (Å²) >= 11 is 0. The van der Waals surface area contributed by atoms with Gasteiger partial charge in [-0.1, -0.05) is 18.2 Å². The molecular formula is C22H25F3N2O2. The monoisotopic (exact) mass is 406 g/mol. The molecule has 1 aliphatic rings. The lowest BCUT2D eigenvalue weighted by molar-refractivity contribution is -0.137. The molecule has 1 amide bonds. The number of amides is 1. The number of phenols is 1. The predicted octanol–water partition coefficient (Wildman–Crippen LogP) is 5.04. The molecule has 1 heterocycles. The SMILES string of the molecule is O=C(CCC1CCCN(Cc2ccccc2O)C1)Nc1ccc(C(F)(F)F)cc1. The Morgan fingerprint density at radius 1 is 1.14 bits per heavy atom. The Morgan fingerprint density at radius 2 is 1.86 bits per heavy atom. The van der Waals surface area contributed by atoms with Gasteiger partial charge in [-0.25, -0.2) is 0 Å². The van der Waals surface area contributed by atoms with Crippen molar-refractivity contribution in [2.24, 2.45) is 5.92 Å². The zero-order valence-corrected chi connectivity index (χ0v) is 16.1. The third-order valence-electron chi connectivity index (χ3n) is 5.26. The summed E-state index contributed by atoms with van der Waals surface area (Å²) in [5.41, 5.74) is 0.531. The number of nitrogens with one attached hydrogen (secondary N) is 1. The number of aromatic hydroxyl groups is 1. The number of likely N-dealkylation sites (tertiary alicyclic amines) is 1. The molecule has 1 fully saturated rings. The van der Waals surface area contributed by atoms with Gasteiger partial charge >= 0.3 is 6.18 Å². The number of benzene rings is 2. The van der Waals surface area contributed by atoms with Gasteiger partial charge in [0.05, 0.1) is 5.56 Å². The first-order valence-electron chi connectivity index (χ1n) is 9.77. The molecule has 2 N–H and O–H groups in total. The summed E-state index contributed by atoms with van der Waals surface area (Å²) in [5, 5.41) is 12.6. The van der Waals surface area contributed by atoms with Crippen molar-refractivity contribution in [2.75, 3.05) is 18.4 Å². The van der Waals surface area contributed by atoms with Crippen molar-refractivity contribution in [3.8, 4) is 5.75 Å². The second-order valence-corrected chi connectivity index (χ2v) is 7.53. The maximum absolute atomic E-state index is 12.6. The highest BCUT2D eigenvalue weighted by molar-refractivity contribution is 5.90. The summed E-state index contributed by atoms with van der Waals surface area (Å²) in [5.74, 6) is 0.487. The first-order valence-corrected chi connectivity index (χ1v) is 9.77. The molecule has 1 aliphatic heterocycles. The van der Waals surface area contributed by atoms with Crippen LogP contribution in [0.5, 0.6) is 5.75 Å². The number of nitrogens with zero attached hydrogens (tertiary/aromatic N) is 1. The van der Waals surface area contributed by atoms with Crippen LogP contribution in [0.4, 0.5) is 18.9 Å². The van der Waals surface area contributed by atoms with E-state index in [0.717, 1.165) is 50.0 Å². The number of carbonyl (C=O) groups excluding carboxylic acids is 1. The molecular weight excluding hydrogens is 381 g/mol. The molecule has 4 nitrogen and oxygen atoms in total. The van der Waals surface area contributed by atoms with Gasteiger partial charge in [0.15, 0.2) is 0 Å². The number of carbonyl (C=O) groups is 1. The van der Waals surface area contributed by atoms with Crippen molar-refractivity contribution in [1.82, 2.24) is 4.90 Å².